The van der Waals surface area contributed by atoms with Crippen molar-refractivity contribution in [2.75, 3.05) is 5.32 Å². The van der Waals surface area contributed by atoms with Crippen molar-refractivity contribution < 1.29 is 4.79 Å². The Hall–Kier alpha value is -3.91. The van der Waals surface area contributed by atoms with Gasteiger partial charge in [-0.05, 0) is 26.0 Å². The second-order valence-corrected chi connectivity index (χ2v) is 8.53. The lowest BCUT2D eigenvalue weighted by Crippen LogP contribution is -2.22. The first-order valence-corrected chi connectivity index (χ1v) is 11.0. The number of imidazole rings is 1. The van der Waals surface area contributed by atoms with Crippen LogP contribution in [0.1, 0.15) is 21.1 Å². The molecule has 32 heavy (non-hydrogen) atoms. The van der Waals surface area contributed by atoms with E-state index >= 15 is 0 Å². The molecule has 0 fully saturated rings. The van der Waals surface area contributed by atoms with Crippen molar-refractivity contribution in [1.29, 1.82) is 0 Å². The van der Waals surface area contributed by atoms with Gasteiger partial charge in [0.15, 0.2) is 4.96 Å². The number of nitrogens with zero attached hydrogens (tertiary/aromatic N) is 4. The van der Waals surface area contributed by atoms with Crippen LogP contribution in [0.5, 0.6) is 0 Å². The average molecular weight is 444 g/mol. The highest BCUT2D eigenvalue weighted by Crippen LogP contribution is 2.28. The van der Waals surface area contributed by atoms with Gasteiger partial charge in [-0.15, -0.1) is 0 Å². The van der Waals surface area contributed by atoms with Crippen LogP contribution in [0.4, 0.5) is 5.69 Å². The summed E-state index contributed by atoms with van der Waals surface area (Å²) in [5.74, 6) is -0.315. The van der Waals surface area contributed by atoms with Crippen molar-refractivity contribution in [3.8, 4) is 16.9 Å². The number of carbonyl (C=O) groups excluding carboxylic acids is 1. The van der Waals surface area contributed by atoms with Crippen LogP contribution in [0.2, 0.25) is 0 Å². The largest absolute Gasteiger partial charge is 0.315 e. The third-order valence-corrected chi connectivity index (χ3v) is 6.78. The van der Waals surface area contributed by atoms with Gasteiger partial charge in [0.05, 0.1) is 17.1 Å². The molecule has 0 radical (unpaired) electrons. The molecule has 0 unspecified atom stereocenters. The summed E-state index contributed by atoms with van der Waals surface area (Å²) in [7, 11) is 1.80. The molecule has 3 heterocycles. The van der Waals surface area contributed by atoms with E-state index in [1.165, 1.54) is 11.3 Å². The number of rotatable bonds is 4. The van der Waals surface area contributed by atoms with E-state index in [-0.39, 0.29) is 17.2 Å². The summed E-state index contributed by atoms with van der Waals surface area (Å²) in [5.41, 5.74) is 4.09. The van der Waals surface area contributed by atoms with Crippen LogP contribution >= 0.6 is 11.3 Å². The first-order valence-electron chi connectivity index (χ1n) is 10.1. The normalized spacial score (nSPS) is 11.2. The van der Waals surface area contributed by atoms with Crippen molar-refractivity contribution in [2.24, 2.45) is 7.05 Å². The fourth-order valence-corrected chi connectivity index (χ4v) is 4.80. The minimum absolute atomic E-state index is 0.269. The number of aromatic nitrogens is 4. The second-order valence-electron chi connectivity index (χ2n) is 7.55. The van der Waals surface area contributed by atoms with Crippen LogP contribution in [-0.4, -0.2) is 24.7 Å². The molecule has 3 aromatic heterocycles. The van der Waals surface area contributed by atoms with E-state index in [0.29, 0.717) is 10.6 Å². The number of benzene rings is 2. The molecule has 1 N–H and O–H groups in total. The number of aryl methyl sites for hydroxylation is 1. The molecule has 1 amide bonds. The third-order valence-electron chi connectivity index (χ3n) is 5.63. The molecule has 2 aromatic carbocycles. The van der Waals surface area contributed by atoms with Crippen LogP contribution in [0, 0.1) is 13.8 Å². The molecule has 0 saturated carbocycles. The van der Waals surface area contributed by atoms with E-state index in [1.54, 1.807) is 16.4 Å². The molecule has 7 nitrogen and oxygen atoms in total. The lowest BCUT2D eigenvalue weighted by molar-refractivity contribution is 0.102. The van der Waals surface area contributed by atoms with Crippen LogP contribution < -0.4 is 10.9 Å². The molecule has 8 heteroatoms. The molecule has 0 aliphatic heterocycles. The van der Waals surface area contributed by atoms with Gasteiger partial charge < -0.3 is 5.32 Å². The first-order chi connectivity index (χ1) is 15.5. The predicted molar refractivity (Wildman–Crippen MR) is 127 cm³/mol. The molecular weight excluding hydrogens is 422 g/mol. The molecule has 0 bridgehead atoms. The number of nitrogens with one attached hydrogen (secondary N) is 1. The molecule has 5 aromatic rings. The summed E-state index contributed by atoms with van der Waals surface area (Å²) in [6, 6.07) is 19.3. The maximum atomic E-state index is 13.1. The molecular formula is C24H21N5O2S. The topological polar surface area (TPSA) is 73.3 Å². The zero-order valence-electron chi connectivity index (χ0n) is 17.9. The van der Waals surface area contributed by atoms with E-state index in [9.17, 15) is 9.59 Å². The number of fused-ring (bicyclic) bond motifs is 1. The van der Waals surface area contributed by atoms with E-state index in [2.05, 4.69) is 10.3 Å². The quantitative estimate of drug-likeness (QED) is 0.447. The molecule has 0 aliphatic rings. The number of carbonyl (C=O) groups is 1. The summed E-state index contributed by atoms with van der Waals surface area (Å²) in [6.07, 6.45) is 1.93. The number of hydrogen-bond donors (Lipinski definition) is 1. The average Bonchev–Trinajstić information content (AvgIpc) is 3.43. The standard InChI is InChI=1S/C24H21N5O2S/c1-15-20(23(31)29(27(15)3)18-12-8-5-9-13-18)26-22(30)21-16(2)28-14-19(25-24(28)32-21)17-10-6-4-7-11-17/h4-14H,1-3H3,(H,26,30). The van der Waals surface area contributed by atoms with Crippen molar-refractivity contribution in [3.05, 3.63) is 93.5 Å². The zero-order chi connectivity index (χ0) is 22.4. The van der Waals surface area contributed by atoms with Crippen molar-refractivity contribution in [3.63, 3.8) is 0 Å². The Morgan fingerprint density at radius 1 is 0.969 bits per heavy atom. The Balaban J connectivity index is 1.49. The van der Waals surface area contributed by atoms with E-state index in [1.807, 2.05) is 85.1 Å². The summed E-state index contributed by atoms with van der Waals surface area (Å²) in [6.45, 7) is 3.70. The van der Waals surface area contributed by atoms with Gasteiger partial charge in [0.2, 0.25) is 0 Å². The summed E-state index contributed by atoms with van der Waals surface area (Å²) >= 11 is 1.31. The van der Waals surface area contributed by atoms with Gasteiger partial charge in [0.25, 0.3) is 11.5 Å². The van der Waals surface area contributed by atoms with Gasteiger partial charge in [0.1, 0.15) is 10.6 Å². The first kappa shape index (κ1) is 20.0. The summed E-state index contributed by atoms with van der Waals surface area (Å²) < 4.78 is 5.21. The monoisotopic (exact) mass is 443 g/mol. The Morgan fingerprint density at radius 2 is 1.62 bits per heavy atom. The summed E-state index contributed by atoms with van der Waals surface area (Å²) in [4.78, 5) is 32.2. The highest BCUT2D eigenvalue weighted by Gasteiger charge is 2.22. The Bertz CT molecular complexity index is 1510. The van der Waals surface area contributed by atoms with E-state index in [0.717, 1.165) is 27.6 Å². The number of amides is 1. The SMILES string of the molecule is Cc1c(NC(=O)c2sc3nc(-c4ccccc4)cn3c2C)c(=O)n(-c2ccccc2)n1C. The number of anilines is 1. The molecule has 160 valence electrons. The number of hydrogen-bond acceptors (Lipinski definition) is 4. The highest BCUT2D eigenvalue weighted by atomic mass is 32.1. The Labute approximate surface area is 188 Å². The van der Waals surface area contributed by atoms with Gasteiger partial charge in [-0.25, -0.2) is 9.67 Å². The Kier molecular flexibility index (Phi) is 4.79. The van der Waals surface area contributed by atoms with Crippen molar-refractivity contribution >= 4 is 27.9 Å². The summed E-state index contributed by atoms with van der Waals surface area (Å²) in [5, 5.41) is 2.84. The van der Waals surface area contributed by atoms with Crippen LogP contribution in [-0.2, 0) is 7.05 Å². The zero-order valence-corrected chi connectivity index (χ0v) is 18.7. The molecule has 0 saturated heterocycles. The second kappa shape index (κ2) is 7.65. The van der Waals surface area contributed by atoms with Gasteiger partial charge >= 0.3 is 0 Å². The number of thiazole rings is 1. The van der Waals surface area contributed by atoms with Gasteiger partial charge in [-0.2, -0.15) is 0 Å². The highest BCUT2D eigenvalue weighted by molar-refractivity contribution is 7.19. The minimum atomic E-state index is -0.315. The fraction of sp³-hybridized carbons (Fsp3) is 0.125. The van der Waals surface area contributed by atoms with Crippen molar-refractivity contribution in [1.82, 2.24) is 18.7 Å². The maximum Gasteiger partial charge on any atom is 0.295 e. The minimum Gasteiger partial charge on any atom is -0.315 e. The van der Waals surface area contributed by atoms with Crippen molar-refractivity contribution in [2.45, 2.75) is 13.8 Å². The van der Waals surface area contributed by atoms with E-state index in [4.69, 9.17) is 0 Å². The van der Waals surface area contributed by atoms with Gasteiger partial charge in [-0.1, -0.05) is 59.9 Å². The van der Waals surface area contributed by atoms with Gasteiger partial charge in [-0.3, -0.25) is 18.7 Å². The smallest absolute Gasteiger partial charge is 0.295 e. The maximum absolute atomic E-state index is 13.1. The van der Waals surface area contributed by atoms with Crippen LogP contribution in [0.15, 0.2) is 71.7 Å². The van der Waals surface area contributed by atoms with E-state index < -0.39 is 0 Å². The van der Waals surface area contributed by atoms with Crippen LogP contribution in [0.3, 0.4) is 0 Å². The molecule has 0 aliphatic carbocycles. The van der Waals surface area contributed by atoms with Gasteiger partial charge in [0, 0.05) is 24.5 Å². The molecule has 0 atom stereocenters. The lowest BCUT2D eigenvalue weighted by Gasteiger charge is -2.07. The van der Waals surface area contributed by atoms with Crippen LogP contribution in [0.25, 0.3) is 21.9 Å². The third kappa shape index (κ3) is 3.16. The molecule has 0 spiro atoms. The lowest BCUT2D eigenvalue weighted by atomic mass is 10.2. The predicted octanol–water partition coefficient (Wildman–Crippen LogP) is 4.42. The Morgan fingerprint density at radius 3 is 2.28 bits per heavy atom. The molecule has 5 rings (SSSR count). The number of para-hydroxylation sites is 1. The fourth-order valence-electron chi connectivity index (χ4n) is 3.79.